The van der Waals surface area contributed by atoms with E-state index in [4.69, 9.17) is 9.26 Å². The fourth-order valence-electron chi connectivity index (χ4n) is 3.92. The zero-order valence-electron chi connectivity index (χ0n) is 18.4. The van der Waals surface area contributed by atoms with Gasteiger partial charge < -0.3 is 9.26 Å². The molecule has 0 aliphatic carbocycles. The number of nitrogens with zero attached hydrogens (tertiary/aromatic N) is 6. The molecule has 2 unspecified atom stereocenters. The number of aromatic nitrogens is 2. The molecule has 2 atom stereocenters. The van der Waals surface area contributed by atoms with E-state index in [1.165, 1.54) is 10.6 Å². The quantitative estimate of drug-likeness (QED) is 0.534. The fraction of sp³-hybridized carbons (Fsp3) is 0.304. The van der Waals surface area contributed by atoms with Crippen molar-refractivity contribution in [2.24, 2.45) is 10.3 Å². The number of amides is 2. The lowest BCUT2D eigenvalue weighted by molar-refractivity contribution is -0.123. The highest BCUT2D eigenvalue weighted by atomic mass is 16.5. The summed E-state index contributed by atoms with van der Waals surface area (Å²) >= 11 is 0. The number of hydrogen-bond donors (Lipinski definition) is 0. The van der Waals surface area contributed by atoms with Crippen LogP contribution in [-0.4, -0.2) is 45.7 Å². The van der Waals surface area contributed by atoms with Gasteiger partial charge in [-0.05, 0) is 62.2 Å². The predicted molar refractivity (Wildman–Crippen MR) is 117 cm³/mol. The van der Waals surface area contributed by atoms with E-state index in [1.807, 2.05) is 39.0 Å². The minimum atomic E-state index is -0.897. The molecule has 3 heterocycles. The molecule has 168 valence electrons. The second-order valence-electron chi connectivity index (χ2n) is 7.94. The second kappa shape index (κ2) is 8.12. The Morgan fingerprint density at radius 1 is 1.03 bits per heavy atom. The normalized spacial score (nSPS) is 19.5. The molecule has 5 rings (SSSR count). The molecule has 1 aromatic heterocycles. The number of benzene rings is 2. The molecule has 0 spiro atoms. The van der Waals surface area contributed by atoms with Crippen molar-refractivity contribution in [1.82, 2.24) is 15.1 Å². The van der Waals surface area contributed by atoms with Crippen molar-refractivity contribution in [3.05, 3.63) is 59.5 Å². The molecule has 0 bridgehead atoms. The lowest BCUT2D eigenvalue weighted by Gasteiger charge is -2.19. The standard InChI is InChI=1S/C23H22N6O4/c1-4-32-17-9-7-16(8-10-17)29-22(30)19-20(23(29)31)28(27-25-19)12-18-24-21(26-33-18)15-6-5-13(2)14(3)11-15/h5-11,19-20H,4,12H2,1-3H3. The largest absolute Gasteiger partial charge is 0.494 e. The molecule has 33 heavy (non-hydrogen) atoms. The number of hydrogen-bond acceptors (Lipinski definition) is 9. The van der Waals surface area contributed by atoms with Crippen LogP contribution in [0.1, 0.15) is 23.9 Å². The van der Waals surface area contributed by atoms with Crippen LogP contribution < -0.4 is 9.64 Å². The van der Waals surface area contributed by atoms with Gasteiger partial charge in [-0.25, -0.2) is 4.90 Å². The molecule has 10 heteroatoms. The Bertz CT molecular complexity index is 1250. The Balaban J connectivity index is 1.33. The fourth-order valence-corrected chi connectivity index (χ4v) is 3.92. The third-order valence-electron chi connectivity index (χ3n) is 5.79. The number of carbonyl (C=O) groups is 2. The minimum absolute atomic E-state index is 0.0681. The number of fused-ring (bicyclic) bond motifs is 1. The summed E-state index contributed by atoms with van der Waals surface area (Å²) in [5, 5.41) is 13.5. The van der Waals surface area contributed by atoms with E-state index >= 15 is 0 Å². The molecule has 0 N–H and O–H groups in total. The number of rotatable bonds is 6. The van der Waals surface area contributed by atoms with Gasteiger partial charge in [0.2, 0.25) is 11.7 Å². The first-order valence-corrected chi connectivity index (χ1v) is 10.6. The number of ether oxygens (including phenoxy) is 1. The summed E-state index contributed by atoms with van der Waals surface area (Å²) < 4.78 is 10.8. The van der Waals surface area contributed by atoms with Gasteiger partial charge in [-0.15, -0.1) is 0 Å². The highest BCUT2D eigenvalue weighted by Crippen LogP contribution is 2.33. The van der Waals surface area contributed by atoms with Crippen LogP contribution in [0.3, 0.4) is 0 Å². The average molecular weight is 446 g/mol. The van der Waals surface area contributed by atoms with Gasteiger partial charge in [-0.1, -0.05) is 22.5 Å². The van der Waals surface area contributed by atoms with Crippen molar-refractivity contribution < 1.29 is 18.8 Å². The van der Waals surface area contributed by atoms with Gasteiger partial charge in [-0.2, -0.15) is 10.1 Å². The maximum absolute atomic E-state index is 13.2. The summed E-state index contributed by atoms with van der Waals surface area (Å²) in [5.74, 6) is 0.584. The first-order chi connectivity index (χ1) is 16.0. The van der Waals surface area contributed by atoms with E-state index in [1.54, 1.807) is 24.3 Å². The zero-order chi connectivity index (χ0) is 23.1. The van der Waals surface area contributed by atoms with Crippen molar-refractivity contribution in [3.8, 4) is 17.1 Å². The number of imide groups is 1. The van der Waals surface area contributed by atoms with Gasteiger partial charge in [-0.3, -0.25) is 14.6 Å². The molecule has 1 saturated heterocycles. The Morgan fingerprint density at radius 3 is 2.55 bits per heavy atom. The molecule has 2 amide bonds. The molecule has 0 radical (unpaired) electrons. The maximum atomic E-state index is 13.2. The second-order valence-corrected chi connectivity index (χ2v) is 7.94. The average Bonchev–Trinajstić information content (AvgIpc) is 3.50. The lowest BCUT2D eigenvalue weighted by atomic mass is 10.1. The summed E-state index contributed by atoms with van der Waals surface area (Å²) in [6.45, 7) is 6.53. The Hall–Kier alpha value is -4.08. The first-order valence-electron chi connectivity index (χ1n) is 10.6. The van der Waals surface area contributed by atoms with Crippen LogP contribution in [0.25, 0.3) is 11.4 Å². The Morgan fingerprint density at radius 2 is 1.82 bits per heavy atom. The maximum Gasteiger partial charge on any atom is 0.263 e. The van der Waals surface area contributed by atoms with E-state index in [-0.39, 0.29) is 12.4 Å². The van der Waals surface area contributed by atoms with Gasteiger partial charge >= 0.3 is 0 Å². The van der Waals surface area contributed by atoms with Crippen LogP contribution in [0, 0.1) is 13.8 Å². The van der Waals surface area contributed by atoms with Crippen LogP contribution in [-0.2, 0) is 16.1 Å². The molecule has 1 fully saturated rings. The van der Waals surface area contributed by atoms with Crippen molar-refractivity contribution >= 4 is 17.5 Å². The van der Waals surface area contributed by atoms with Crippen molar-refractivity contribution in [2.75, 3.05) is 11.5 Å². The predicted octanol–water partition coefficient (Wildman–Crippen LogP) is 3.25. The third-order valence-corrected chi connectivity index (χ3v) is 5.79. The zero-order valence-corrected chi connectivity index (χ0v) is 18.4. The molecule has 2 aliphatic heterocycles. The summed E-state index contributed by atoms with van der Waals surface area (Å²) in [7, 11) is 0. The Kier molecular flexibility index (Phi) is 5.12. The van der Waals surface area contributed by atoms with Crippen molar-refractivity contribution in [3.63, 3.8) is 0 Å². The smallest absolute Gasteiger partial charge is 0.263 e. The molecule has 10 nitrogen and oxygen atoms in total. The lowest BCUT2D eigenvalue weighted by Crippen LogP contribution is -2.39. The number of aryl methyl sites for hydroxylation is 2. The van der Waals surface area contributed by atoms with Crippen molar-refractivity contribution in [1.29, 1.82) is 0 Å². The van der Waals surface area contributed by atoms with Crippen LogP contribution in [0.5, 0.6) is 5.75 Å². The van der Waals surface area contributed by atoms with E-state index in [9.17, 15) is 9.59 Å². The minimum Gasteiger partial charge on any atom is -0.494 e. The molecule has 2 aromatic carbocycles. The van der Waals surface area contributed by atoms with E-state index in [0.717, 1.165) is 16.0 Å². The Labute approximate surface area is 189 Å². The number of anilines is 1. The van der Waals surface area contributed by atoms with Crippen LogP contribution >= 0.6 is 0 Å². The highest BCUT2D eigenvalue weighted by Gasteiger charge is 2.55. The third kappa shape index (κ3) is 3.63. The van der Waals surface area contributed by atoms with Gasteiger partial charge in [0.25, 0.3) is 11.8 Å². The molecular formula is C23H22N6O4. The van der Waals surface area contributed by atoms with Gasteiger partial charge in [0, 0.05) is 5.56 Å². The van der Waals surface area contributed by atoms with Crippen LogP contribution in [0.2, 0.25) is 0 Å². The van der Waals surface area contributed by atoms with Gasteiger partial charge in [0.1, 0.15) is 12.3 Å². The topological polar surface area (TPSA) is 113 Å². The monoisotopic (exact) mass is 446 g/mol. The summed E-state index contributed by atoms with van der Waals surface area (Å²) in [6, 6.07) is 11.0. The summed E-state index contributed by atoms with van der Waals surface area (Å²) in [5.41, 5.74) is 3.60. The molecule has 0 saturated carbocycles. The number of carbonyl (C=O) groups excluding carboxylic acids is 2. The van der Waals surface area contributed by atoms with Crippen LogP contribution in [0.15, 0.2) is 57.3 Å². The molecular weight excluding hydrogens is 424 g/mol. The van der Waals surface area contributed by atoms with E-state index < -0.39 is 23.9 Å². The molecule has 2 aliphatic rings. The van der Waals surface area contributed by atoms with Crippen LogP contribution in [0.4, 0.5) is 5.69 Å². The van der Waals surface area contributed by atoms with Crippen molar-refractivity contribution in [2.45, 2.75) is 39.4 Å². The SMILES string of the molecule is CCOc1ccc(N2C(=O)C3N=NN(Cc4nc(-c5ccc(C)c(C)c5)no4)C3C2=O)cc1. The van der Waals surface area contributed by atoms with Gasteiger partial charge in [0.15, 0.2) is 12.1 Å². The first kappa shape index (κ1) is 20.8. The highest BCUT2D eigenvalue weighted by molar-refractivity contribution is 6.25. The van der Waals surface area contributed by atoms with E-state index in [0.29, 0.717) is 23.9 Å². The summed E-state index contributed by atoms with van der Waals surface area (Å²) in [4.78, 5) is 31.6. The summed E-state index contributed by atoms with van der Waals surface area (Å²) in [6.07, 6.45) is 0. The van der Waals surface area contributed by atoms with Gasteiger partial charge in [0.05, 0.1) is 12.3 Å². The van der Waals surface area contributed by atoms with E-state index in [2.05, 4.69) is 20.5 Å². The molecule has 3 aromatic rings.